The monoisotopic (exact) mass is 224 g/mol. The normalized spacial score (nSPS) is 25.6. The van der Waals surface area contributed by atoms with Gasteiger partial charge in [-0.1, -0.05) is 0 Å². The summed E-state index contributed by atoms with van der Waals surface area (Å²) in [7, 11) is 0. The Morgan fingerprint density at radius 1 is 1.27 bits per heavy atom. The van der Waals surface area contributed by atoms with Crippen LogP contribution in [0.4, 0.5) is 13.2 Å². The van der Waals surface area contributed by atoms with Crippen LogP contribution in [0.1, 0.15) is 27.2 Å². The molecule has 0 aliphatic carbocycles. The fourth-order valence-corrected chi connectivity index (χ4v) is 1.85. The summed E-state index contributed by atoms with van der Waals surface area (Å²) < 4.78 is 36.6. The van der Waals surface area contributed by atoms with Crippen molar-refractivity contribution in [2.24, 2.45) is 0 Å². The zero-order valence-electron chi connectivity index (χ0n) is 9.49. The summed E-state index contributed by atoms with van der Waals surface area (Å²) in [6.45, 7) is 8.02. The molecule has 2 nitrogen and oxygen atoms in total. The molecule has 1 unspecified atom stereocenters. The van der Waals surface area contributed by atoms with Crippen LogP contribution in [0.5, 0.6) is 0 Å². The van der Waals surface area contributed by atoms with Gasteiger partial charge in [-0.3, -0.25) is 4.90 Å². The Balaban J connectivity index is 2.50. The lowest BCUT2D eigenvalue weighted by atomic mass is 10.0. The molecule has 0 bridgehead atoms. The molecule has 0 radical (unpaired) electrons. The highest BCUT2D eigenvalue weighted by molar-refractivity contribution is 4.86. The number of hydrogen-bond acceptors (Lipinski definition) is 2. The van der Waals surface area contributed by atoms with E-state index in [9.17, 15) is 13.2 Å². The zero-order chi connectivity index (χ0) is 11.7. The van der Waals surface area contributed by atoms with Gasteiger partial charge in [-0.15, -0.1) is 0 Å². The van der Waals surface area contributed by atoms with Crippen LogP contribution in [0.25, 0.3) is 0 Å². The lowest BCUT2D eigenvalue weighted by molar-refractivity contribution is -0.143. The van der Waals surface area contributed by atoms with E-state index in [-0.39, 0.29) is 5.54 Å². The summed E-state index contributed by atoms with van der Waals surface area (Å²) in [5, 5.41) is 2.92. The molecule has 15 heavy (non-hydrogen) atoms. The molecule has 1 fully saturated rings. The third kappa shape index (κ3) is 4.38. The maximum Gasteiger partial charge on any atom is 0.390 e. The first-order chi connectivity index (χ1) is 6.68. The van der Waals surface area contributed by atoms with E-state index >= 15 is 0 Å². The molecule has 1 rings (SSSR count). The highest BCUT2D eigenvalue weighted by atomic mass is 19.4. The van der Waals surface area contributed by atoms with Crippen LogP contribution in [0.15, 0.2) is 0 Å². The Hall–Kier alpha value is -0.290. The van der Waals surface area contributed by atoms with Crippen molar-refractivity contribution in [3.8, 4) is 0 Å². The molecule has 1 saturated heterocycles. The van der Waals surface area contributed by atoms with Gasteiger partial charge in [0.1, 0.15) is 0 Å². The van der Waals surface area contributed by atoms with Crippen molar-refractivity contribution in [1.82, 2.24) is 10.2 Å². The second-order valence-corrected chi connectivity index (χ2v) is 5.09. The molecular formula is C10H19F3N2. The predicted molar refractivity (Wildman–Crippen MR) is 53.8 cm³/mol. The van der Waals surface area contributed by atoms with Crippen LogP contribution in [0.3, 0.4) is 0 Å². The van der Waals surface area contributed by atoms with Crippen LogP contribution in [0, 0.1) is 0 Å². The molecule has 0 aromatic rings. The van der Waals surface area contributed by atoms with Crippen LogP contribution in [-0.2, 0) is 0 Å². The van der Waals surface area contributed by atoms with E-state index in [1.54, 1.807) is 0 Å². The summed E-state index contributed by atoms with van der Waals surface area (Å²) in [5.74, 6) is 0. The molecule has 0 aromatic carbocycles. The Morgan fingerprint density at radius 3 is 2.33 bits per heavy atom. The van der Waals surface area contributed by atoms with E-state index in [1.165, 1.54) is 0 Å². The molecule has 0 aromatic heterocycles. The van der Waals surface area contributed by atoms with Crippen molar-refractivity contribution in [3.05, 3.63) is 0 Å². The topological polar surface area (TPSA) is 15.3 Å². The van der Waals surface area contributed by atoms with E-state index in [4.69, 9.17) is 0 Å². The lowest BCUT2D eigenvalue weighted by Crippen LogP contribution is -2.57. The minimum Gasteiger partial charge on any atom is -0.311 e. The van der Waals surface area contributed by atoms with Gasteiger partial charge in [0.15, 0.2) is 0 Å². The number of piperazine rings is 1. The van der Waals surface area contributed by atoms with Crippen LogP contribution in [-0.4, -0.2) is 42.3 Å². The average molecular weight is 224 g/mol. The Labute approximate surface area is 88.8 Å². The molecule has 5 heteroatoms. The van der Waals surface area contributed by atoms with E-state index in [1.807, 2.05) is 20.8 Å². The fraction of sp³-hybridized carbons (Fsp3) is 1.00. The Morgan fingerprint density at radius 2 is 1.87 bits per heavy atom. The molecule has 1 aliphatic rings. The number of nitrogens with zero attached hydrogens (tertiary/aromatic N) is 1. The smallest absolute Gasteiger partial charge is 0.311 e. The van der Waals surface area contributed by atoms with Gasteiger partial charge in [0.05, 0.1) is 6.42 Å². The van der Waals surface area contributed by atoms with Crippen molar-refractivity contribution < 1.29 is 13.2 Å². The lowest BCUT2D eigenvalue weighted by Gasteiger charge is -2.42. The predicted octanol–water partition coefficient (Wildman–Crippen LogP) is 2.01. The van der Waals surface area contributed by atoms with Gasteiger partial charge in [0, 0.05) is 31.2 Å². The van der Waals surface area contributed by atoms with Gasteiger partial charge in [0.2, 0.25) is 0 Å². The first kappa shape index (κ1) is 12.8. The largest absolute Gasteiger partial charge is 0.390 e. The molecule has 0 saturated carbocycles. The van der Waals surface area contributed by atoms with E-state index in [2.05, 4.69) is 10.2 Å². The highest BCUT2D eigenvalue weighted by Crippen LogP contribution is 2.24. The summed E-state index contributed by atoms with van der Waals surface area (Å²) in [5.41, 5.74) is -0.0497. The number of halogens is 3. The van der Waals surface area contributed by atoms with Gasteiger partial charge in [-0.25, -0.2) is 0 Å². The van der Waals surface area contributed by atoms with Gasteiger partial charge in [0.25, 0.3) is 0 Å². The Bertz CT molecular complexity index is 208. The standard InChI is InChI=1S/C10H19F3N2/c1-9(2,3)15-5-4-14-8(7-15)6-10(11,12)13/h8,14H,4-7H2,1-3H3. The first-order valence-electron chi connectivity index (χ1n) is 5.24. The molecule has 1 aliphatic heterocycles. The van der Waals surface area contributed by atoms with Crippen molar-refractivity contribution in [2.45, 2.75) is 44.9 Å². The van der Waals surface area contributed by atoms with Gasteiger partial charge < -0.3 is 5.32 Å². The zero-order valence-corrected chi connectivity index (χ0v) is 9.49. The molecule has 1 N–H and O–H groups in total. The summed E-state index contributed by atoms with van der Waals surface area (Å²) >= 11 is 0. The van der Waals surface area contributed by atoms with Gasteiger partial charge >= 0.3 is 6.18 Å². The molecule has 1 atom stereocenters. The molecule has 90 valence electrons. The average Bonchev–Trinajstić information content (AvgIpc) is 1.99. The van der Waals surface area contributed by atoms with E-state index < -0.39 is 18.6 Å². The second-order valence-electron chi connectivity index (χ2n) is 5.09. The highest BCUT2D eigenvalue weighted by Gasteiger charge is 2.35. The number of rotatable bonds is 1. The molecule has 0 spiro atoms. The Kier molecular flexibility index (Phi) is 3.66. The van der Waals surface area contributed by atoms with Crippen molar-refractivity contribution >= 4 is 0 Å². The number of alkyl halides is 3. The summed E-state index contributed by atoms with van der Waals surface area (Å²) in [6.07, 6.45) is -4.81. The number of hydrogen-bond donors (Lipinski definition) is 1. The van der Waals surface area contributed by atoms with Crippen LogP contribution >= 0.6 is 0 Å². The first-order valence-corrected chi connectivity index (χ1v) is 5.24. The van der Waals surface area contributed by atoms with Gasteiger partial charge in [-0.05, 0) is 20.8 Å². The van der Waals surface area contributed by atoms with Crippen molar-refractivity contribution in [3.63, 3.8) is 0 Å². The minimum atomic E-state index is -4.07. The third-order valence-corrected chi connectivity index (χ3v) is 2.68. The maximum absolute atomic E-state index is 12.2. The minimum absolute atomic E-state index is 0.0497. The number of nitrogens with one attached hydrogen (secondary N) is 1. The van der Waals surface area contributed by atoms with E-state index in [0.717, 1.165) is 6.54 Å². The maximum atomic E-state index is 12.2. The third-order valence-electron chi connectivity index (χ3n) is 2.68. The summed E-state index contributed by atoms with van der Waals surface area (Å²) in [6, 6.07) is -0.460. The van der Waals surface area contributed by atoms with Crippen molar-refractivity contribution in [2.75, 3.05) is 19.6 Å². The molecule has 1 heterocycles. The van der Waals surface area contributed by atoms with Gasteiger partial charge in [-0.2, -0.15) is 13.2 Å². The van der Waals surface area contributed by atoms with Crippen LogP contribution < -0.4 is 5.32 Å². The van der Waals surface area contributed by atoms with E-state index in [0.29, 0.717) is 13.1 Å². The second kappa shape index (κ2) is 4.29. The summed E-state index contributed by atoms with van der Waals surface area (Å²) in [4.78, 5) is 2.10. The molecule has 0 amide bonds. The molecular weight excluding hydrogens is 205 g/mol. The SMILES string of the molecule is CC(C)(C)N1CCNC(CC(F)(F)F)C1. The fourth-order valence-electron chi connectivity index (χ4n) is 1.85. The quantitative estimate of drug-likeness (QED) is 0.733. The van der Waals surface area contributed by atoms with Crippen molar-refractivity contribution in [1.29, 1.82) is 0 Å². The van der Waals surface area contributed by atoms with Crippen LogP contribution in [0.2, 0.25) is 0 Å².